The van der Waals surface area contributed by atoms with E-state index < -0.39 is 34.8 Å². The number of likely N-dealkylation sites (tertiary alicyclic amines) is 1. The zero-order valence-electron chi connectivity index (χ0n) is 20.6. The molecule has 191 valence electrons. The number of carboxylic acids is 1. The molecule has 1 saturated carbocycles. The summed E-state index contributed by atoms with van der Waals surface area (Å²) in [6.45, 7) is 2.18. The van der Waals surface area contributed by atoms with E-state index in [1.807, 2.05) is 4.90 Å². The summed E-state index contributed by atoms with van der Waals surface area (Å²) < 4.78 is 1.40. The average molecular weight is 556 g/mol. The smallest absolute Gasteiger partial charge is 0.352 e. The predicted octanol–water partition coefficient (Wildman–Crippen LogP) is -0.745. The first-order chi connectivity index (χ1) is 17.2. The van der Waals surface area contributed by atoms with E-state index in [1.165, 1.54) is 21.3 Å². The Balaban J connectivity index is 0.00000320. The fraction of sp³-hybridized carbons (Fsp3) is 0.500. The van der Waals surface area contributed by atoms with Crippen molar-refractivity contribution in [2.75, 3.05) is 18.1 Å². The minimum Gasteiger partial charge on any atom is -0.477 e. The number of carbonyl (C=O) groups excluding carboxylic acids is 3. The topological polar surface area (TPSA) is 155 Å². The Hall–Kier alpha value is -2.13. The summed E-state index contributed by atoms with van der Waals surface area (Å²) in [5.41, 5.74) is 0.627. The van der Waals surface area contributed by atoms with Gasteiger partial charge in [-0.3, -0.25) is 24.1 Å². The molecule has 1 aromatic rings. The van der Waals surface area contributed by atoms with Gasteiger partial charge in [0.15, 0.2) is 5.16 Å². The van der Waals surface area contributed by atoms with Crippen molar-refractivity contribution in [1.29, 1.82) is 0 Å². The number of nitrogens with one attached hydrogen (secondary N) is 1. The van der Waals surface area contributed by atoms with Gasteiger partial charge in [0.1, 0.15) is 22.8 Å². The van der Waals surface area contributed by atoms with E-state index >= 15 is 0 Å². The van der Waals surface area contributed by atoms with Gasteiger partial charge in [-0.2, -0.15) is 10.1 Å². The molecule has 4 aliphatic rings. The van der Waals surface area contributed by atoms with Gasteiger partial charge in [-0.25, -0.2) is 9.48 Å². The molecule has 2 atom stereocenters. The molecule has 2 N–H and O–H groups in total. The van der Waals surface area contributed by atoms with Crippen LogP contribution in [0.15, 0.2) is 32.9 Å². The maximum absolute atomic E-state index is 12.9. The molecule has 2 saturated heterocycles. The van der Waals surface area contributed by atoms with Gasteiger partial charge in [0.25, 0.3) is 11.5 Å². The first-order valence-electron chi connectivity index (χ1n) is 11.4. The second-order valence-corrected chi connectivity index (χ2v) is 11.0. The number of aromatic nitrogens is 3. The van der Waals surface area contributed by atoms with Crippen molar-refractivity contribution in [3.05, 3.63) is 39.0 Å². The third kappa shape index (κ3) is 5.39. The monoisotopic (exact) mass is 555 g/mol. The number of hydrogen-bond donors (Lipinski definition) is 2. The first-order valence-corrected chi connectivity index (χ1v) is 13.5. The van der Waals surface area contributed by atoms with Crippen molar-refractivity contribution in [3.63, 3.8) is 0 Å². The Kier molecular flexibility index (Phi) is 8.24. The predicted molar refractivity (Wildman–Crippen MR) is 136 cm³/mol. The molecule has 4 heterocycles. The number of thioether (sulfide) groups is 2. The fourth-order valence-electron chi connectivity index (χ4n) is 4.49. The van der Waals surface area contributed by atoms with E-state index in [0.29, 0.717) is 35.9 Å². The maximum atomic E-state index is 12.9. The van der Waals surface area contributed by atoms with Crippen molar-refractivity contribution >= 4 is 76.8 Å². The van der Waals surface area contributed by atoms with E-state index in [1.54, 1.807) is 20.0 Å². The zero-order valence-corrected chi connectivity index (χ0v) is 24.2. The molecule has 0 unspecified atom stereocenters. The van der Waals surface area contributed by atoms with Gasteiger partial charge in [0.2, 0.25) is 11.8 Å². The van der Waals surface area contributed by atoms with Gasteiger partial charge in [-0.1, -0.05) is 11.8 Å². The molecule has 1 aliphatic carbocycles. The molecule has 12 nitrogen and oxygen atoms in total. The maximum Gasteiger partial charge on any atom is 0.352 e. The number of β-lactam (4-membered cyclic amide) rings is 1. The third-order valence-corrected chi connectivity index (χ3v) is 8.75. The normalized spacial score (nSPS) is 24.1. The van der Waals surface area contributed by atoms with Crippen molar-refractivity contribution in [1.82, 2.24) is 29.9 Å². The van der Waals surface area contributed by atoms with Crippen LogP contribution in [0, 0.1) is 6.92 Å². The van der Waals surface area contributed by atoms with Crippen LogP contribution in [0.1, 0.15) is 25.0 Å². The molecule has 37 heavy (non-hydrogen) atoms. The number of hydrogen-bond acceptors (Lipinski definition) is 9. The third-order valence-electron chi connectivity index (χ3n) is 6.43. The number of rotatable bonds is 7. The van der Waals surface area contributed by atoms with Crippen LogP contribution in [0.4, 0.5) is 0 Å². The van der Waals surface area contributed by atoms with Gasteiger partial charge < -0.3 is 15.3 Å². The Morgan fingerprint density at radius 3 is 2.68 bits per heavy atom. The van der Waals surface area contributed by atoms with Crippen molar-refractivity contribution in [3.8, 4) is 0 Å². The van der Waals surface area contributed by atoms with Crippen molar-refractivity contribution in [2.45, 2.75) is 48.8 Å². The number of amides is 3. The summed E-state index contributed by atoms with van der Waals surface area (Å²) >= 11 is 2.36. The van der Waals surface area contributed by atoms with Gasteiger partial charge in [0, 0.05) is 60.5 Å². The second-order valence-electron chi connectivity index (χ2n) is 8.98. The van der Waals surface area contributed by atoms with Gasteiger partial charge in [-0.15, -0.1) is 11.8 Å². The molecule has 3 amide bonds. The van der Waals surface area contributed by atoms with Crippen LogP contribution >= 0.6 is 23.5 Å². The molecule has 1 radical (unpaired) electrons. The van der Waals surface area contributed by atoms with Gasteiger partial charge >= 0.3 is 5.97 Å². The van der Waals surface area contributed by atoms with Crippen LogP contribution in [0.5, 0.6) is 0 Å². The molecule has 15 heteroatoms. The molecular formula is C22H24N6NaO6S2. The van der Waals surface area contributed by atoms with Crippen LogP contribution in [0.25, 0.3) is 0 Å². The molecular weight excluding hydrogens is 531 g/mol. The first kappa shape index (κ1) is 27.9. The number of allylic oxidation sites excluding steroid dienone is 1. The van der Waals surface area contributed by atoms with Crippen LogP contribution in [0.3, 0.4) is 0 Å². The van der Waals surface area contributed by atoms with Crippen molar-refractivity contribution < 1.29 is 24.3 Å². The van der Waals surface area contributed by atoms with E-state index in [0.717, 1.165) is 24.6 Å². The molecule has 3 fully saturated rings. The van der Waals surface area contributed by atoms with Crippen LogP contribution in [0.2, 0.25) is 0 Å². The summed E-state index contributed by atoms with van der Waals surface area (Å²) in [6.07, 6.45) is 4.19. The van der Waals surface area contributed by atoms with Crippen LogP contribution < -0.4 is 10.9 Å². The van der Waals surface area contributed by atoms with Crippen molar-refractivity contribution in [2.24, 2.45) is 7.05 Å². The molecule has 0 spiro atoms. The van der Waals surface area contributed by atoms with E-state index in [-0.39, 0.29) is 57.8 Å². The summed E-state index contributed by atoms with van der Waals surface area (Å²) in [4.78, 5) is 68.8. The van der Waals surface area contributed by atoms with Gasteiger partial charge in [0.05, 0.1) is 5.75 Å². The average Bonchev–Trinajstić information content (AvgIpc) is 3.62. The minimum absolute atomic E-state index is 0. The summed E-state index contributed by atoms with van der Waals surface area (Å²) in [7, 11) is 1.61. The Morgan fingerprint density at radius 2 is 2.00 bits per heavy atom. The number of carboxylic acid groups (broad SMARTS) is 1. The SMILES string of the molecule is Cc1nn(C)c(SCC(=O)N[C@@H]2C(=O)N3C(C(=O)O)=C(C=C4CCN(C5CC5)C4=O)CS[C@H]23)nc1=O.[Na]. The Morgan fingerprint density at radius 1 is 1.27 bits per heavy atom. The number of carbonyl (C=O) groups is 4. The number of nitrogens with zero attached hydrogens (tertiary/aromatic N) is 5. The second kappa shape index (κ2) is 10.9. The fourth-order valence-corrected chi connectivity index (χ4v) is 6.51. The van der Waals surface area contributed by atoms with Crippen LogP contribution in [-0.2, 0) is 26.2 Å². The molecule has 5 rings (SSSR count). The van der Waals surface area contributed by atoms with E-state index in [9.17, 15) is 29.1 Å². The molecule has 0 bridgehead atoms. The minimum atomic E-state index is -1.25. The quantitative estimate of drug-likeness (QED) is 0.190. The number of aryl methyl sites for hydroxylation is 2. The van der Waals surface area contributed by atoms with E-state index in [2.05, 4.69) is 15.4 Å². The summed E-state index contributed by atoms with van der Waals surface area (Å²) in [5.74, 6) is -2.06. The largest absolute Gasteiger partial charge is 0.477 e. The number of fused-ring (bicyclic) bond motifs is 1. The molecule has 0 aromatic carbocycles. The molecule has 3 aliphatic heterocycles. The van der Waals surface area contributed by atoms with Gasteiger partial charge in [-0.05, 0) is 37.8 Å². The summed E-state index contributed by atoms with van der Waals surface area (Å²) in [5, 5.41) is 16.3. The standard InChI is InChI=1S/C22H24N6O6S2.Na/c1-10-17(30)24-22(26(2)25-10)36-9-14(29)23-15-19(32)28-16(21(33)34)12(8-35-20(15)28)7-11-5-6-27(18(11)31)13-3-4-13;/h7,13,15,20H,3-6,8-9H2,1-2H3,(H,23,29)(H,33,34);/t15-,20-;/m1./s1. The Bertz CT molecular complexity index is 1310. The zero-order chi connectivity index (χ0) is 25.7. The number of aliphatic carboxylic acids is 1. The molecule has 1 aromatic heterocycles. The Labute approximate surface area is 242 Å². The van der Waals surface area contributed by atoms with Crippen LogP contribution in [-0.4, -0.2) is 118 Å². The summed E-state index contributed by atoms with van der Waals surface area (Å²) in [6, 6.07) is -0.568. The van der Waals surface area contributed by atoms with E-state index in [4.69, 9.17) is 0 Å².